The van der Waals surface area contributed by atoms with Crippen molar-refractivity contribution in [1.82, 2.24) is 9.55 Å². The minimum atomic E-state index is -1.45. The Morgan fingerprint density at radius 1 is 1.16 bits per heavy atom. The lowest BCUT2D eigenvalue weighted by Gasteiger charge is -2.10. The zero-order valence-corrected chi connectivity index (χ0v) is 10.1. The number of aryl methyl sites for hydroxylation is 1. The Labute approximate surface area is 106 Å². The van der Waals surface area contributed by atoms with Gasteiger partial charge in [0.15, 0.2) is 23.3 Å². The number of hydrogen-bond acceptors (Lipinski definition) is 2. The van der Waals surface area contributed by atoms with Gasteiger partial charge in [0.2, 0.25) is 0 Å². The van der Waals surface area contributed by atoms with Crippen LogP contribution in [0.5, 0.6) is 0 Å². The monoisotopic (exact) mass is 273 g/mol. The molecule has 7 heteroatoms. The Morgan fingerprint density at radius 2 is 1.79 bits per heavy atom. The third-order valence-corrected chi connectivity index (χ3v) is 2.68. The van der Waals surface area contributed by atoms with E-state index in [-0.39, 0.29) is 12.6 Å². The summed E-state index contributed by atoms with van der Waals surface area (Å²) in [5.41, 5.74) is -0.830. The smallest absolute Gasteiger partial charge is 0.185 e. The van der Waals surface area contributed by atoms with Crippen molar-refractivity contribution in [2.75, 3.05) is 5.32 Å². The summed E-state index contributed by atoms with van der Waals surface area (Å²) in [6.45, 7) is 2.45. The van der Waals surface area contributed by atoms with E-state index in [1.54, 1.807) is 10.8 Å². The largest absolute Gasteiger partial charge is 0.373 e. The maximum absolute atomic E-state index is 13.4. The molecule has 1 N–H and O–H groups in total. The van der Waals surface area contributed by atoms with Crippen molar-refractivity contribution < 1.29 is 17.6 Å². The summed E-state index contributed by atoms with van der Waals surface area (Å²) in [7, 11) is 0. The lowest BCUT2D eigenvalue weighted by molar-refractivity contribution is 0.458. The number of anilines is 1. The van der Waals surface area contributed by atoms with Gasteiger partial charge in [0.25, 0.3) is 0 Å². The quantitative estimate of drug-likeness (QED) is 0.685. The molecule has 0 unspecified atom stereocenters. The number of aromatic nitrogens is 2. The van der Waals surface area contributed by atoms with E-state index in [1.807, 2.05) is 6.92 Å². The predicted molar refractivity (Wildman–Crippen MR) is 61.5 cm³/mol. The van der Waals surface area contributed by atoms with Gasteiger partial charge in [-0.25, -0.2) is 22.5 Å². The third kappa shape index (κ3) is 2.54. The van der Waals surface area contributed by atoms with E-state index in [1.165, 1.54) is 6.20 Å². The van der Waals surface area contributed by atoms with E-state index in [0.717, 1.165) is 0 Å². The maximum Gasteiger partial charge on any atom is 0.185 e. The number of nitrogens with one attached hydrogen (secondary N) is 1. The average Bonchev–Trinajstić information content (AvgIpc) is 2.84. The second-order valence-electron chi connectivity index (χ2n) is 3.83. The Bertz CT molecular complexity index is 569. The molecule has 0 aliphatic carbocycles. The molecule has 3 nitrogen and oxygen atoms in total. The van der Waals surface area contributed by atoms with Crippen LogP contribution in [0.3, 0.4) is 0 Å². The third-order valence-electron chi connectivity index (χ3n) is 2.68. The second-order valence-corrected chi connectivity index (χ2v) is 3.83. The molecule has 0 aliphatic heterocycles. The summed E-state index contributed by atoms with van der Waals surface area (Å²) in [4.78, 5) is 3.97. The summed E-state index contributed by atoms with van der Waals surface area (Å²) in [5.74, 6) is -5.28. The van der Waals surface area contributed by atoms with Crippen LogP contribution < -0.4 is 5.32 Å². The van der Waals surface area contributed by atoms with Gasteiger partial charge in [-0.05, 0) is 6.92 Å². The zero-order valence-electron chi connectivity index (χ0n) is 10.1. The fourth-order valence-electron chi connectivity index (χ4n) is 1.69. The van der Waals surface area contributed by atoms with Crippen LogP contribution in [0.15, 0.2) is 18.5 Å². The Balaban J connectivity index is 2.25. The number of imidazole rings is 1. The van der Waals surface area contributed by atoms with Gasteiger partial charge in [-0.2, -0.15) is 0 Å². The molecule has 0 fully saturated rings. The van der Waals surface area contributed by atoms with Crippen LogP contribution in [0.2, 0.25) is 0 Å². The molecule has 0 radical (unpaired) electrons. The first-order valence-corrected chi connectivity index (χ1v) is 5.61. The molecule has 19 heavy (non-hydrogen) atoms. The van der Waals surface area contributed by atoms with Crippen LogP contribution in [0.4, 0.5) is 23.2 Å². The van der Waals surface area contributed by atoms with Gasteiger partial charge >= 0.3 is 0 Å². The van der Waals surface area contributed by atoms with Crippen molar-refractivity contribution in [2.24, 2.45) is 0 Å². The van der Waals surface area contributed by atoms with Crippen LogP contribution in [0.1, 0.15) is 12.7 Å². The lowest BCUT2D eigenvalue weighted by Crippen LogP contribution is -2.11. The summed E-state index contributed by atoms with van der Waals surface area (Å²) in [5, 5.41) is 2.33. The fraction of sp³-hybridized carbons (Fsp3) is 0.250. The van der Waals surface area contributed by atoms with Crippen molar-refractivity contribution in [3.05, 3.63) is 47.6 Å². The van der Waals surface area contributed by atoms with Gasteiger partial charge in [-0.3, -0.25) is 0 Å². The van der Waals surface area contributed by atoms with E-state index in [4.69, 9.17) is 0 Å². The van der Waals surface area contributed by atoms with Gasteiger partial charge in [-0.15, -0.1) is 0 Å². The standard InChI is InChI=1S/C12H11F4N3/c1-2-19-4-3-17-9(19)6-18-12-10(15)7(13)5-8(14)11(12)16/h3-5,18H,2,6H2,1H3. The van der Waals surface area contributed by atoms with Crippen molar-refractivity contribution in [2.45, 2.75) is 20.0 Å². The molecule has 2 rings (SSSR count). The van der Waals surface area contributed by atoms with Crippen LogP contribution in [0, 0.1) is 23.3 Å². The number of benzene rings is 1. The van der Waals surface area contributed by atoms with Crippen LogP contribution in [-0.2, 0) is 13.1 Å². The molecule has 0 aliphatic rings. The van der Waals surface area contributed by atoms with Gasteiger partial charge in [-0.1, -0.05) is 0 Å². The molecular weight excluding hydrogens is 262 g/mol. The molecule has 0 saturated heterocycles. The van der Waals surface area contributed by atoms with Crippen LogP contribution in [-0.4, -0.2) is 9.55 Å². The molecule has 1 aromatic carbocycles. The van der Waals surface area contributed by atoms with Gasteiger partial charge in [0.1, 0.15) is 11.5 Å². The van der Waals surface area contributed by atoms with Crippen molar-refractivity contribution in [3.63, 3.8) is 0 Å². The fourth-order valence-corrected chi connectivity index (χ4v) is 1.69. The van der Waals surface area contributed by atoms with Gasteiger partial charge < -0.3 is 9.88 Å². The number of nitrogens with zero attached hydrogens (tertiary/aromatic N) is 2. The number of hydrogen-bond donors (Lipinski definition) is 1. The summed E-state index contributed by atoms with van der Waals surface area (Å²) in [6.07, 6.45) is 3.22. The second kappa shape index (κ2) is 5.29. The Morgan fingerprint density at radius 3 is 2.37 bits per heavy atom. The molecule has 2 aromatic rings. The van der Waals surface area contributed by atoms with E-state index in [9.17, 15) is 17.6 Å². The lowest BCUT2D eigenvalue weighted by atomic mass is 10.2. The molecule has 1 aromatic heterocycles. The van der Waals surface area contributed by atoms with E-state index in [0.29, 0.717) is 12.4 Å². The minimum Gasteiger partial charge on any atom is -0.373 e. The van der Waals surface area contributed by atoms with Crippen molar-refractivity contribution in [1.29, 1.82) is 0 Å². The minimum absolute atomic E-state index is 0.0441. The highest BCUT2D eigenvalue weighted by Gasteiger charge is 2.19. The highest BCUT2D eigenvalue weighted by Crippen LogP contribution is 2.24. The molecule has 0 bridgehead atoms. The van der Waals surface area contributed by atoms with Gasteiger partial charge in [0.05, 0.1) is 6.54 Å². The summed E-state index contributed by atoms with van der Waals surface area (Å²) in [6, 6.07) is 0.169. The SMILES string of the molecule is CCn1ccnc1CNc1c(F)c(F)cc(F)c1F. The molecule has 1 heterocycles. The topological polar surface area (TPSA) is 29.9 Å². The molecule has 0 amide bonds. The molecule has 0 saturated carbocycles. The summed E-state index contributed by atoms with van der Waals surface area (Å²) < 4.78 is 54.5. The van der Waals surface area contributed by atoms with Crippen LogP contribution >= 0.6 is 0 Å². The van der Waals surface area contributed by atoms with Crippen LogP contribution in [0.25, 0.3) is 0 Å². The molecular formula is C12H11F4N3. The average molecular weight is 273 g/mol. The molecule has 102 valence electrons. The number of rotatable bonds is 4. The highest BCUT2D eigenvalue weighted by molar-refractivity contribution is 5.47. The molecule has 0 spiro atoms. The first kappa shape index (κ1) is 13.4. The van der Waals surface area contributed by atoms with E-state index in [2.05, 4.69) is 10.3 Å². The van der Waals surface area contributed by atoms with E-state index < -0.39 is 29.0 Å². The maximum atomic E-state index is 13.4. The summed E-state index contributed by atoms with van der Waals surface area (Å²) >= 11 is 0. The van der Waals surface area contributed by atoms with Gasteiger partial charge in [0, 0.05) is 25.0 Å². The Kier molecular flexibility index (Phi) is 3.73. The normalized spacial score (nSPS) is 10.8. The number of halogens is 4. The Hall–Kier alpha value is -2.05. The highest BCUT2D eigenvalue weighted by atomic mass is 19.2. The van der Waals surface area contributed by atoms with E-state index >= 15 is 0 Å². The zero-order chi connectivity index (χ0) is 14.0. The molecule has 0 atom stereocenters. The van der Waals surface area contributed by atoms with Crippen molar-refractivity contribution in [3.8, 4) is 0 Å². The van der Waals surface area contributed by atoms with Crippen molar-refractivity contribution >= 4 is 5.69 Å². The first-order chi connectivity index (χ1) is 9.04. The first-order valence-electron chi connectivity index (χ1n) is 5.61. The predicted octanol–water partition coefficient (Wildman–Crippen LogP) is 3.07.